The zero-order valence-electron chi connectivity index (χ0n) is 9.20. The highest BCUT2D eigenvalue weighted by atomic mass is 79.9. The van der Waals surface area contributed by atoms with Crippen molar-refractivity contribution < 1.29 is 9.72 Å². The number of nitro groups is 1. The van der Waals surface area contributed by atoms with Crippen molar-refractivity contribution in [2.24, 2.45) is 0 Å². The Balaban J connectivity index is 2.84. The van der Waals surface area contributed by atoms with Crippen LogP contribution in [0.3, 0.4) is 0 Å². The molecule has 6 nitrogen and oxygen atoms in total. The minimum Gasteiger partial charge on any atom is -0.351 e. The highest BCUT2D eigenvalue weighted by Crippen LogP contribution is 2.22. The van der Waals surface area contributed by atoms with E-state index in [1.165, 1.54) is 18.2 Å². The number of nitro benzene ring substituents is 1. The van der Waals surface area contributed by atoms with Crippen LogP contribution < -0.4 is 10.6 Å². The maximum Gasteiger partial charge on any atom is 0.270 e. The van der Waals surface area contributed by atoms with Crippen molar-refractivity contribution in [2.75, 3.05) is 20.1 Å². The predicted octanol–water partition coefficient (Wildman–Crippen LogP) is 1.31. The second-order valence-corrected chi connectivity index (χ2v) is 4.14. The Labute approximate surface area is 107 Å². The number of rotatable bonds is 5. The molecule has 0 fully saturated rings. The van der Waals surface area contributed by atoms with Crippen LogP contribution in [0.25, 0.3) is 0 Å². The van der Waals surface area contributed by atoms with Gasteiger partial charge in [-0.05, 0) is 29.0 Å². The van der Waals surface area contributed by atoms with Gasteiger partial charge in [0.1, 0.15) is 0 Å². The van der Waals surface area contributed by atoms with Crippen LogP contribution in [0.5, 0.6) is 0 Å². The predicted molar refractivity (Wildman–Crippen MR) is 67.1 cm³/mol. The van der Waals surface area contributed by atoms with Crippen LogP contribution in [-0.4, -0.2) is 31.0 Å². The minimum absolute atomic E-state index is 0.105. The lowest BCUT2D eigenvalue weighted by Crippen LogP contribution is -2.30. The summed E-state index contributed by atoms with van der Waals surface area (Å²) in [5.74, 6) is -0.337. The van der Waals surface area contributed by atoms with Gasteiger partial charge in [0.2, 0.25) is 0 Å². The second kappa shape index (κ2) is 6.31. The Kier molecular flexibility index (Phi) is 5.05. The normalized spacial score (nSPS) is 10.0. The van der Waals surface area contributed by atoms with Gasteiger partial charge in [-0.2, -0.15) is 0 Å². The van der Waals surface area contributed by atoms with Crippen LogP contribution in [0.2, 0.25) is 0 Å². The van der Waals surface area contributed by atoms with Crippen LogP contribution >= 0.6 is 15.9 Å². The molecule has 92 valence electrons. The maximum absolute atomic E-state index is 11.7. The summed E-state index contributed by atoms with van der Waals surface area (Å²) >= 11 is 3.19. The number of nitrogens with one attached hydrogen (secondary N) is 2. The van der Waals surface area contributed by atoms with E-state index in [1.54, 1.807) is 7.05 Å². The van der Waals surface area contributed by atoms with Gasteiger partial charge in [0, 0.05) is 29.7 Å². The molecule has 1 amide bonds. The minimum atomic E-state index is -0.531. The lowest BCUT2D eigenvalue weighted by molar-refractivity contribution is -0.384. The maximum atomic E-state index is 11.7. The molecule has 2 N–H and O–H groups in total. The van der Waals surface area contributed by atoms with Crippen LogP contribution in [-0.2, 0) is 0 Å². The lowest BCUT2D eigenvalue weighted by atomic mass is 10.2. The number of hydrogen-bond acceptors (Lipinski definition) is 4. The van der Waals surface area contributed by atoms with Crippen LogP contribution in [0.4, 0.5) is 5.69 Å². The molecule has 0 atom stereocenters. The third-order valence-electron chi connectivity index (χ3n) is 2.07. The van der Waals surface area contributed by atoms with Crippen molar-refractivity contribution in [1.82, 2.24) is 10.6 Å². The Morgan fingerprint density at radius 2 is 2.18 bits per heavy atom. The first-order valence-electron chi connectivity index (χ1n) is 4.93. The zero-order chi connectivity index (χ0) is 12.8. The molecule has 0 unspecified atom stereocenters. The van der Waals surface area contributed by atoms with Crippen molar-refractivity contribution in [2.45, 2.75) is 0 Å². The van der Waals surface area contributed by atoms with Crippen molar-refractivity contribution in [3.05, 3.63) is 38.3 Å². The summed E-state index contributed by atoms with van der Waals surface area (Å²) in [6.07, 6.45) is 0. The van der Waals surface area contributed by atoms with Gasteiger partial charge >= 0.3 is 0 Å². The summed E-state index contributed by atoms with van der Waals surface area (Å²) in [6.45, 7) is 1.10. The van der Waals surface area contributed by atoms with E-state index in [4.69, 9.17) is 0 Å². The monoisotopic (exact) mass is 301 g/mol. The molecule has 0 aliphatic rings. The lowest BCUT2D eigenvalue weighted by Gasteiger charge is -2.06. The van der Waals surface area contributed by atoms with E-state index in [-0.39, 0.29) is 17.2 Å². The fourth-order valence-electron chi connectivity index (χ4n) is 1.20. The Hall–Kier alpha value is -1.47. The van der Waals surface area contributed by atoms with Gasteiger partial charge in [0.15, 0.2) is 0 Å². The highest BCUT2D eigenvalue weighted by molar-refractivity contribution is 9.10. The van der Waals surface area contributed by atoms with Crippen molar-refractivity contribution in [1.29, 1.82) is 0 Å². The van der Waals surface area contributed by atoms with Crippen molar-refractivity contribution >= 4 is 27.5 Å². The molecule has 0 radical (unpaired) electrons. The number of nitrogens with zero attached hydrogens (tertiary/aromatic N) is 1. The van der Waals surface area contributed by atoms with Crippen molar-refractivity contribution in [3.8, 4) is 0 Å². The molecule has 0 aliphatic heterocycles. The first kappa shape index (κ1) is 13.6. The molecule has 0 saturated heterocycles. The van der Waals surface area contributed by atoms with Crippen LogP contribution in [0.15, 0.2) is 22.7 Å². The second-order valence-electron chi connectivity index (χ2n) is 3.28. The fourth-order valence-corrected chi connectivity index (χ4v) is 1.62. The van der Waals surface area contributed by atoms with E-state index in [2.05, 4.69) is 26.6 Å². The van der Waals surface area contributed by atoms with E-state index in [1.807, 2.05) is 0 Å². The molecule has 1 aromatic rings. The summed E-state index contributed by atoms with van der Waals surface area (Å²) in [5, 5.41) is 16.1. The van der Waals surface area contributed by atoms with Gasteiger partial charge in [-0.15, -0.1) is 0 Å². The molecule has 0 aliphatic carbocycles. The van der Waals surface area contributed by atoms with E-state index in [0.717, 1.165) is 0 Å². The Morgan fingerprint density at radius 3 is 2.76 bits per heavy atom. The van der Waals surface area contributed by atoms with E-state index in [9.17, 15) is 14.9 Å². The average molecular weight is 302 g/mol. The highest BCUT2D eigenvalue weighted by Gasteiger charge is 2.14. The molecular weight excluding hydrogens is 290 g/mol. The SMILES string of the molecule is CNCCNC(=O)c1cc([N+](=O)[O-])ccc1Br. The first-order chi connectivity index (χ1) is 8.06. The van der Waals surface area contributed by atoms with Gasteiger partial charge in [-0.3, -0.25) is 14.9 Å². The summed E-state index contributed by atoms with van der Waals surface area (Å²) < 4.78 is 0.532. The number of halogens is 1. The number of non-ortho nitro benzene ring substituents is 1. The number of amides is 1. The standard InChI is InChI=1S/C10H12BrN3O3/c1-12-4-5-13-10(15)8-6-7(14(16)17)2-3-9(8)11/h2-3,6,12H,4-5H2,1H3,(H,13,15). The van der Waals surface area contributed by atoms with Gasteiger partial charge in [-0.25, -0.2) is 0 Å². The Bertz CT molecular complexity index is 437. The third-order valence-corrected chi connectivity index (χ3v) is 2.76. The quantitative estimate of drug-likeness (QED) is 0.488. The third kappa shape index (κ3) is 3.79. The van der Waals surface area contributed by atoms with Crippen LogP contribution in [0.1, 0.15) is 10.4 Å². The molecule has 0 aromatic heterocycles. The summed E-state index contributed by atoms with van der Waals surface area (Å²) in [5.41, 5.74) is 0.155. The van der Waals surface area contributed by atoms with E-state index in [0.29, 0.717) is 17.6 Å². The van der Waals surface area contributed by atoms with E-state index >= 15 is 0 Å². The van der Waals surface area contributed by atoms with Gasteiger partial charge in [0.25, 0.3) is 11.6 Å². The van der Waals surface area contributed by atoms with Gasteiger partial charge in [-0.1, -0.05) is 0 Å². The molecule has 0 heterocycles. The molecule has 7 heteroatoms. The summed E-state index contributed by atoms with van der Waals surface area (Å²) in [6, 6.07) is 4.08. The molecular formula is C10H12BrN3O3. The van der Waals surface area contributed by atoms with Gasteiger partial charge < -0.3 is 10.6 Å². The number of carbonyl (C=O) groups excluding carboxylic acids is 1. The number of carbonyl (C=O) groups is 1. The molecule has 1 aromatic carbocycles. The topological polar surface area (TPSA) is 84.3 Å². The van der Waals surface area contributed by atoms with Gasteiger partial charge in [0.05, 0.1) is 10.5 Å². The first-order valence-corrected chi connectivity index (χ1v) is 5.72. The Morgan fingerprint density at radius 1 is 1.47 bits per heavy atom. The molecule has 0 saturated carbocycles. The number of benzene rings is 1. The van der Waals surface area contributed by atoms with E-state index < -0.39 is 4.92 Å². The smallest absolute Gasteiger partial charge is 0.270 e. The summed E-state index contributed by atoms with van der Waals surface area (Å²) in [4.78, 5) is 21.8. The fraction of sp³-hybridized carbons (Fsp3) is 0.300. The number of hydrogen-bond donors (Lipinski definition) is 2. The summed E-state index contributed by atoms with van der Waals surface area (Å²) in [7, 11) is 1.77. The molecule has 17 heavy (non-hydrogen) atoms. The largest absolute Gasteiger partial charge is 0.351 e. The van der Waals surface area contributed by atoms with Crippen LogP contribution in [0, 0.1) is 10.1 Å². The molecule has 1 rings (SSSR count). The molecule has 0 spiro atoms. The zero-order valence-corrected chi connectivity index (χ0v) is 10.8. The van der Waals surface area contributed by atoms with Crippen molar-refractivity contribution in [3.63, 3.8) is 0 Å². The number of likely N-dealkylation sites (N-methyl/N-ethyl adjacent to an activating group) is 1. The molecule has 0 bridgehead atoms. The average Bonchev–Trinajstić information content (AvgIpc) is 2.29.